The van der Waals surface area contributed by atoms with E-state index in [0.29, 0.717) is 6.42 Å². The SMILES string of the molecule is CCC(C)C(NC(=O)CNC(=O)C(C)NC(=O)C(N)CS)C(=O)O. The van der Waals surface area contributed by atoms with E-state index in [1.165, 1.54) is 6.92 Å². The second kappa shape index (κ2) is 10.9. The number of aliphatic carboxylic acids is 1. The van der Waals surface area contributed by atoms with Crippen LogP contribution in [0, 0.1) is 5.92 Å². The van der Waals surface area contributed by atoms with Gasteiger partial charge in [-0.2, -0.15) is 12.6 Å². The molecule has 0 saturated carbocycles. The quantitative estimate of drug-likeness (QED) is 0.260. The number of carboxylic acids is 1. The zero-order valence-corrected chi connectivity index (χ0v) is 14.9. The minimum absolute atomic E-state index is 0.134. The van der Waals surface area contributed by atoms with Crippen LogP contribution in [0.3, 0.4) is 0 Å². The predicted molar refractivity (Wildman–Crippen MR) is 91.5 cm³/mol. The van der Waals surface area contributed by atoms with Gasteiger partial charge in [-0.1, -0.05) is 20.3 Å². The molecule has 3 amide bonds. The molecule has 9 nitrogen and oxygen atoms in total. The predicted octanol–water partition coefficient (Wildman–Crippen LogP) is -1.52. The lowest BCUT2D eigenvalue weighted by atomic mass is 9.99. The Morgan fingerprint density at radius 2 is 1.71 bits per heavy atom. The fourth-order valence-corrected chi connectivity index (χ4v) is 1.86. The molecule has 4 atom stereocenters. The van der Waals surface area contributed by atoms with Crippen molar-refractivity contribution < 1.29 is 24.3 Å². The van der Waals surface area contributed by atoms with Crippen molar-refractivity contribution in [1.82, 2.24) is 16.0 Å². The highest BCUT2D eigenvalue weighted by Gasteiger charge is 2.25. The lowest BCUT2D eigenvalue weighted by molar-refractivity contribution is -0.143. The Balaban J connectivity index is 4.41. The van der Waals surface area contributed by atoms with E-state index in [1.807, 2.05) is 6.92 Å². The van der Waals surface area contributed by atoms with Crippen molar-refractivity contribution in [2.45, 2.75) is 45.3 Å². The van der Waals surface area contributed by atoms with Crippen LogP contribution in [0.2, 0.25) is 0 Å². The first-order valence-electron chi connectivity index (χ1n) is 7.60. The number of rotatable bonds is 10. The zero-order valence-electron chi connectivity index (χ0n) is 14.0. The van der Waals surface area contributed by atoms with Crippen molar-refractivity contribution in [2.75, 3.05) is 12.3 Å². The first-order valence-corrected chi connectivity index (χ1v) is 8.23. The smallest absolute Gasteiger partial charge is 0.326 e. The van der Waals surface area contributed by atoms with Crippen LogP contribution in [0.25, 0.3) is 0 Å². The van der Waals surface area contributed by atoms with Crippen LogP contribution < -0.4 is 21.7 Å². The van der Waals surface area contributed by atoms with E-state index in [1.54, 1.807) is 6.92 Å². The van der Waals surface area contributed by atoms with Crippen LogP contribution in [0.4, 0.5) is 0 Å². The molecule has 0 aliphatic rings. The van der Waals surface area contributed by atoms with Gasteiger partial charge in [0.2, 0.25) is 17.7 Å². The van der Waals surface area contributed by atoms with Crippen LogP contribution in [-0.2, 0) is 19.2 Å². The summed E-state index contributed by atoms with van der Waals surface area (Å²) >= 11 is 3.88. The maximum atomic E-state index is 11.8. The van der Waals surface area contributed by atoms with Gasteiger partial charge in [0.25, 0.3) is 0 Å². The van der Waals surface area contributed by atoms with Crippen molar-refractivity contribution >= 4 is 36.3 Å². The molecule has 0 aromatic rings. The number of amides is 3. The molecule has 0 spiro atoms. The lowest BCUT2D eigenvalue weighted by Crippen LogP contribution is -2.53. The molecule has 0 radical (unpaired) electrons. The maximum absolute atomic E-state index is 11.8. The number of hydrogen-bond acceptors (Lipinski definition) is 6. The van der Waals surface area contributed by atoms with Gasteiger partial charge in [0.15, 0.2) is 0 Å². The van der Waals surface area contributed by atoms with Gasteiger partial charge in [0.1, 0.15) is 12.1 Å². The normalized spacial score (nSPS) is 15.5. The summed E-state index contributed by atoms with van der Waals surface area (Å²) in [6, 6.07) is -2.75. The minimum atomic E-state index is -1.13. The number of carboxylic acid groups (broad SMARTS) is 1. The summed E-state index contributed by atoms with van der Waals surface area (Å²) < 4.78 is 0. The van der Waals surface area contributed by atoms with E-state index >= 15 is 0 Å². The average molecular weight is 362 g/mol. The Kier molecular flexibility index (Phi) is 10.0. The third kappa shape index (κ3) is 7.64. The molecular weight excluding hydrogens is 336 g/mol. The maximum Gasteiger partial charge on any atom is 0.326 e. The Bertz CT molecular complexity index is 474. The number of nitrogens with one attached hydrogen (secondary N) is 3. The number of nitrogens with two attached hydrogens (primary N) is 1. The van der Waals surface area contributed by atoms with Gasteiger partial charge in [0.05, 0.1) is 12.6 Å². The lowest BCUT2D eigenvalue weighted by Gasteiger charge is -2.20. The second-order valence-electron chi connectivity index (χ2n) is 5.51. The molecule has 0 heterocycles. The van der Waals surface area contributed by atoms with Gasteiger partial charge in [0, 0.05) is 5.75 Å². The molecule has 0 aromatic carbocycles. The highest BCUT2D eigenvalue weighted by atomic mass is 32.1. The molecule has 138 valence electrons. The largest absolute Gasteiger partial charge is 0.480 e. The van der Waals surface area contributed by atoms with Crippen molar-refractivity contribution in [3.05, 3.63) is 0 Å². The molecule has 0 fully saturated rings. The molecule has 0 bridgehead atoms. The van der Waals surface area contributed by atoms with E-state index in [9.17, 15) is 19.2 Å². The topological polar surface area (TPSA) is 151 Å². The highest BCUT2D eigenvalue weighted by molar-refractivity contribution is 7.80. The summed E-state index contributed by atoms with van der Waals surface area (Å²) in [4.78, 5) is 46.3. The second-order valence-corrected chi connectivity index (χ2v) is 5.87. The van der Waals surface area contributed by atoms with Crippen LogP contribution in [0.15, 0.2) is 0 Å². The number of thiol groups is 1. The fourth-order valence-electron chi connectivity index (χ4n) is 1.70. The first kappa shape index (κ1) is 22.2. The Morgan fingerprint density at radius 3 is 2.17 bits per heavy atom. The van der Waals surface area contributed by atoms with Gasteiger partial charge in [-0.25, -0.2) is 4.79 Å². The van der Waals surface area contributed by atoms with Crippen LogP contribution in [0.1, 0.15) is 27.2 Å². The average Bonchev–Trinajstić information content (AvgIpc) is 2.55. The molecular formula is C14H26N4O5S. The molecule has 0 saturated heterocycles. The monoisotopic (exact) mass is 362 g/mol. The van der Waals surface area contributed by atoms with E-state index in [4.69, 9.17) is 10.8 Å². The number of carbonyl (C=O) groups excluding carboxylic acids is 3. The van der Waals surface area contributed by atoms with Crippen molar-refractivity contribution in [3.8, 4) is 0 Å². The van der Waals surface area contributed by atoms with Crippen LogP contribution in [0.5, 0.6) is 0 Å². The summed E-state index contributed by atoms with van der Waals surface area (Å²) in [5, 5.41) is 16.2. The molecule has 6 N–H and O–H groups in total. The standard InChI is InChI=1S/C14H26N4O5S/c1-4-7(2)11(14(22)23)18-10(19)5-16-12(20)8(3)17-13(21)9(15)6-24/h7-9,11,24H,4-6,15H2,1-3H3,(H,16,20)(H,17,21)(H,18,19)(H,22,23). The summed E-state index contributed by atoms with van der Waals surface area (Å²) in [5.41, 5.74) is 5.47. The van der Waals surface area contributed by atoms with Crippen molar-refractivity contribution in [3.63, 3.8) is 0 Å². The number of hydrogen-bond donors (Lipinski definition) is 6. The third-order valence-corrected chi connectivity index (χ3v) is 3.90. The molecule has 0 rings (SSSR count). The van der Waals surface area contributed by atoms with Gasteiger partial charge < -0.3 is 26.8 Å². The summed E-state index contributed by atoms with van der Waals surface area (Å²) in [7, 11) is 0. The van der Waals surface area contributed by atoms with Crippen molar-refractivity contribution in [1.29, 1.82) is 0 Å². The highest BCUT2D eigenvalue weighted by Crippen LogP contribution is 2.07. The summed E-state index contributed by atoms with van der Waals surface area (Å²) in [5.74, 6) is -2.98. The Morgan fingerprint density at radius 1 is 1.12 bits per heavy atom. The van der Waals surface area contributed by atoms with Gasteiger partial charge in [-0.15, -0.1) is 0 Å². The number of carbonyl (C=O) groups is 4. The van der Waals surface area contributed by atoms with E-state index in [2.05, 4.69) is 28.6 Å². The van der Waals surface area contributed by atoms with Crippen molar-refractivity contribution in [2.24, 2.45) is 11.7 Å². The fraction of sp³-hybridized carbons (Fsp3) is 0.714. The van der Waals surface area contributed by atoms with E-state index in [-0.39, 0.29) is 11.7 Å². The molecule has 0 aliphatic carbocycles. The van der Waals surface area contributed by atoms with Gasteiger partial charge >= 0.3 is 5.97 Å². The molecule has 0 aromatic heterocycles. The Labute approximate surface area is 146 Å². The molecule has 24 heavy (non-hydrogen) atoms. The summed E-state index contributed by atoms with van der Waals surface area (Å²) in [6.07, 6.45) is 0.581. The Hall–Kier alpha value is -1.81. The van der Waals surface area contributed by atoms with Crippen LogP contribution >= 0.6 is 12.6 Å². The minimum Gasteiger partial charge on any atom is -0.480 e. The van der Waals surface area contributed by atoms with E-state index < -0.39 is 48.4 Å². The van der Waals surface area contributed by atoms with E-state index in [0.717, 1.165) is 0 Å². The molecule has 0 aliphatic heterocycles. The van der Waals surface area contributed by atoms with Gasteiger partial charge in [-0.05, 0) is 12.8 Å². The van der Waals surface area contributed by atoms with Crippen LogP contribution in [-0.4, -0.2) is 59.2 Å². The third-order valence-electron chi connectivity index (χ3n) is 3.50. The van der Waals surface area contributed by atoms with Gasteiger partial charge in [-0.3, -0.25) is 14.4 Å². The molecule has 4 unspecified atom stereocenters. The molecule has 10 heteroatoms. The first-order chi connectivity index (χ1) is 11.1. The zero-order chi connectivity index (χ0) is 18.9. The summed E-state index contributed by atoms with van der Waals surface area (Å²) in [6.45, 7) is 4.57.